The highest BCUT2D eigenvalue weighted by atomic mass is 19.4. The maximum absolute atomic E-state index is 12.8. The first kappa shape index (κ1) is 24.6. The first-order chi connectivity index (χ1) is 16.7. The lowest BCUT2D eigenvalue weighted by molar-refractivity contribution is -0.169. The van der Waals surface area contributed by atoms with Crippen molar-refractivity contribution in [3.05, 3.63) is 65.9 Å². The molecule has 2 heterocycles. The second kappa shape index (κ2) is 10.4. The largest absolute Gasteiger partial charge is 0.489 e. The number of carboxylic acid groups (broad SMARTS) is 1. The molecule has 1 saturated heterocycles. The highest BCUT2D eigenvalue weighted by molar-refractivity contribution is 6.28. The number of alkyl halides is 3. The zero-order valence-corrected chi connectivity index (χ0v) is 18.8. The lowest BCUT2D eigenvalue weighted by atomic mass is 9.89. The predicted octanol–water partition coefficient (Wildman–Crippen LogP) is 4.44. The number of likely N-dealkylation sites (tertiary alicyclic amines) is 1. The van der Waals surface area contributed by atoms with Crippen molar-refractivity contribution in [2.24, 2.45) is 0 Å². The molecule has 1 aliphatic rings. The van der Waals surface area contributed by atoms with Gasteiger partial charge in [-0.3, -0.25) is 4.90 Å². The van der Waals surface area contributed by atoms with Gasteiger partial charge in [0.05, 0.1) is 5.56 Å². The van der Waals surface area contributed by atoms with E-state index in [1.54, 1.807) is 12.3 Å². The maximum Gasteiger partial charge on any atom is 0.417 e. The van der Waals surface area contributed by atoms with Crippen molar-refractivity contribution in [3.63, 3.8) is 0 Å². The Morgan fingerprint density at radius 1 is 1.09 bits per heavy atom. The van der Waals surface area contributed by atoms with Crippen LogP contribution in [0.25, 0.3) is 10.9 Å². The Kier molecular flexibility index (Phi) is 7.30. The number of H-pyrrole nitrogens is 1. The minimum Gasteiger partial charge on any atom is -0.489 e. The van der Waals surface area contributed by atoms with Gasteiger partial charge in [0, 0.05) is 23.6 Å². The van der Waals surface area contributed by atoms with Crippen LogP contribution in [0, 0.1) is 0 Å². The van der Waals surface area contributed by atoms with Gasteiger partial charge < -0.3 is 19.6 Å². The molecule has 1 fully saturated rings. The number of carboxylic acids is 1. The number of esters is 1. The number of hydrogen-bond donors (Lipinski definition) is 2. The van der Waals surface area contributed by atoms with E-state index in [1.807, 2.05) is 23.1 Å². The summed E-state index contributed by atoms with van der Waals surface area (Å²) >= 11 is 0. The van der Waals surface area contributed by atoms with Crippen molar-refractivity contribution in [3.8, 4) is 5.75 Å². The summed E-state index contributed by atoms with van der Waals surface area (Å²) in [7, 11) is 0. The molecule has 0 spiro atoms. The average Bonchev–Trinajstić information content (AvgIpc) is 3.32. The molecule has 186 valence electrons. The number of ether oxygens (including phenoxy) is 2. The second-order valence-electron chi connectivity index (χ2n) is 8.53. The maximum atomic E-state index is 12.8. The van der Waals surface area contributed by atoms with E-state index < -0.39 is 29.8 Å². The SMILES string of the molecule is O=C(O)C(=O)O[C@H](COc1cccc2[nH]ccc12)CN1CCC(c2ccc(C(F)(F)F)cc2)CC1. The van der Waals surface area contributed by atoms with E-state index in [4.69, 9.17) is 14.6 Å². The van der Waals surface area contributed by atoms with Gasteiger partial charge in [-0.05, 0) is 67.7 Å². The van der Waals surface area contributed by atoms with Crippen LogP contribution in [-0.4, -0.2) is 59.3 Å². The summed E-state index contributed by atoms with van der Waals surface area (Å²) in [5.41, 5.74) is 1.07. The first-order valence-electron chi connectivity index (χ1n) is 11.2. The number of fused-ring (bicyclic) bond motifs is 1. The molecule has 1 aromatic heterocycles. The number of aromatic amines is 1. The Morgan fingerprint density at radius 2 is 1.80 bits per heavy atom. The molecule has 1 aliphatic heterocycles. The van der Waals surface area contributed by atoms with E-state index in [-0.39, 0.29) is 19.1 Å². The number of piperidine rings is 1. The molecule has 0 amide bonds. The van der Waals surface area contributed by atoms with Crippen molar-refractivity contribution >= 4 is 22.8 Å². The van der Waals surface area contributed by atoms with Crippen LogP contribution in [0.4, 0.5) is 13.2 Å². The number of carbonyl (C=O) groups excluding carboxylic acids is 1. The fraction of sp³-hybridized carbons (Fsp3) is 0.360. The Balaban J connectivity index is 1.36. The molecule has 0 unspecified atom stereocenters. The summed E-state index contributed by atoms with van der Waals surface area (Å²) in [6.07, 6.45) is -1.96. The van der Waals surface area contributed by atoms with Crippen LogP contribution in [-0.2, 0) is 20.5 Å². The zero-order valence-electron chi connectivity index (χ0n) is 18.8. The molecule has 2 N–H and O–H groups in total. The molecule has 1 atom stereocenters. The fourth-order valence-corrected chi connectivity index (χ4v) is 4.37. The van der Waals surface area contributed by atoms with Gasteiger partial charge in [0.2, 0.25) is 0 Å². The normalized spacial score (nSPS) is 16.2. The number of rotatable bonds is 7. The van der Waals surface area contributed by atoms with Crippen LogP contribution in [0.2, 0.25) is 0 Å². The minimum atomic E-state index is -4.36. The van der Waals surface area contributed by atoms with Crippen molar-refractivity contribution in [2.45, 2.75) is 31.0 Å². The molecule has 10 heteroatoms. The number of benzene rings is 2. The zero-order chi connectivity index (χ0) is 25.0. The average molecular weight is 490 g/mol. The van der Waals surface area contributed by atoms with E-state index in [0.717, 1.165) is 28.6 Å². The lowest BCUT2D eigenvalue weighted by Gasteiger charge is -2.34. The van der Waals surface area contributed by atoms with Crippen LogP contribution in [0.15, 0.2) is 54.7 Å². The van der Waals surface area contributed by atoms with E-state index in [2.05, 4.69) is 4.98 Å². The third-order valence-corrected chi connectivity index (χ3v) is 6.19. The summed E-state index contributed by atoms with van der Waals surface area (Å²) in [6.45, 7) is 1.50. The molecule has 0 saturated carbocycles. The van der Waals surface area contributed by atoms with Gasteiger partial charge >= 0.3 is 18.1 Å². The van der Waals surface area contributed by atoms with E-state index in [1.165, 1.54) is 12.1 Å². The Morgan fingerprint density at radius 3 is 2.46 bits per heavy atom. The quantitative estimate of drug-likeness (QED) is 0.376. The van der Waals surface area contributed by atoms with Crippen molar-refractivity contribution in [2.75, 3.05) is 26.2 Å². The summed E-state index contributed by atoms with van der Waals surface area (Å²) in [5, 5.41) is 9.82. The summed E-state index contributed by atoms with van der Waals surface area (Å²) in [4.78, 5) is 27.9. The molecule has 3 aromatic rings. The highest BCUT2D eigenvalue weighted by Crippen LogP contribution is 2.33. The van der Waals surface area contributed by atoms with Crippen LogP contribution >= 0.6 is 0 Å². The monoisotopic (exact) mass is 490 g/mol. The van der Waals surface area contributed by atoms with Crippen LogP contribution in [0.1, 0.15) is 29.9 Å². The van der Waals surface area contributed by atoms with Crippen molar-refractivity contribution < 1.29 is 37.3 Å². The predicted molar refractivity (Wildman–Crippen MR) is 121 cm³/mol. The number of nitrogens with one attached hydrogen (secondary N) is 1. The number of hydrogen-bond acceptors (Lipinski definition) is 5. The smallest absolute Gasteiger partial charge is 0.417 e. The minimum absolute atomic E-state index is 0.0256. The molecular formula is C25H25F3N2O5. The van der Waals surface area contributed by atoms with Gasteiger partial charge in [-0.2, -0.15) is 13.2 Å². The third-order valence-electron chi connectivity index (χ3n) is 6.19. The van der Waals surface area contributed by atoms with Gasteiger partial charge in [0.15, 0.2) is 0 Å². The van der Waals surface area contributed by atoms with Crippen molar-refractivity contribution in [1.82, 2.24) is 9.88 Å². The molecule has 35 heavy (non-hydrogen) atoms. The molecule has 0 radical (unpaired) electrons. The number of carbonyl (C=O) groups is 2. The standard InChI is InChI=1S/C25H25F3N2O5/c26-25(27,28)18-6-4-16(5-7-18)17-9-12-30(13-10-17)14-19(35-24(33)23(31)32)15-34-22-3-1-2-21-20(22)8-11-29-21/h1-8,11,17,19,29H,9-10,12-15H2,(H,31,32)/t19-/m0/s1. The van der Waals surface area contributed by atoms with E-state index in [0.29, 0.717) is 31.7 Å². The molecule has 0 aliphatic carbocycles. The van der Waals surface area contributed by atoms with Gasteiger partial charge in [-0.15, -0.1) is 0 Å². The number of aliphatic carboxylic acids is 1. The summed E-state index contributed by atoms with van der Waals surface area (Å²) < 4.78 is 49.5. The topological polar surface area (TPSA) is 91.9 Å². The van der Waals surface area contributed by atoms with E-state index in [9.17, 15) is 22.8 Å². The number of nitrogens with zero attached hydrogens (tertiary/aromatic N) is 1. The van der Waals surface area contributed by atoms with Crippen LogP contribution < -0.4 is 4.74 Å². The molecule has 0 bridgehead atoms. The first-order valence-corrected chi connectivity index (χ1v) is 11.2. The number of aromatic nitrogens is 1. The molecule has 2 aromatic carbocycles. The summed E-state index contributed by atoms with van der Waals surface area (Å²) in [5.74, 6) is -2.32. The fourth-order valence-electron chi connectivity index (χ4n) is 4.37. The Labute approximate surface area is 199 Å². The molecule has 4 rings (SSSR count). The Bertz CT molecular complexity index is 1170. The van der Waals surface area contributed by atoms with Gasteiger partial charge in [0.1, 0.15) is 18.5 Å². The van der Waals surface area contributed by atoms with Gasteiger partial charge in [-0.1, -0.05) is 18.2 Å². The molecule has 7 nitrogen and oxygen atoms in total. The highest BCUT2D eigenvalue weighted by Gasteiger charge is 2.31. The Hall–Kier alpha value is -3.53. The summed E-state index contributed by atoms with van der Waals surface area (Å²) in [6, 6.07) is 12.6. The van der Waals surface area contributed by atoms with Gasteiger partial charge in [-0.25, -0.2) is 9.59 Å². The lowest BCUT2D eigenvalue weighted by Crippen LogP contribution is -2.43. The molecular weight excluding hydrogens is 465 g/mol. The van der Waals surface area contributed by atoms with Crippen LogP contribution in [0.3, 0.4) is 0 Å². The van der Waals surface area contributed by atoms with E-state index >= 15 is 0 Å². The number of halogens is 3. The second-order valence-corrected chi connectivity index (χ2v) is 8.53. The van der Waals surface area contributed by atoms with Crippen LogP contribution in [0.5, 0.6) is 5.75 Å². The van der Waals surface area contributed by atoms with Crippen molar-refractivity contribution in [1.29, 1.82) is 0 Å². The van der Waals surface area contributed by atoms with Gasteiger partial charge in [0.25, 0.3) is 0 Å². The third kappa shape index (κ3) is 6.13.